The van der Waals surface area contributed by atoms with Crippen molar-refractivity contribution >= 4 is 6.01 Å². The van der Waals surface area contributed by atoms with Crippen molar-refractivity contribution < 1.29 is 4.42 Å². The lowest BCUT2D eigenvalue weighted by atomic mass is 10.2. The average Bonchev–Trinajstić information content (AvgIpc) is 3.02. The largest absolute Gasteiger partial charge is 0.432 e. The smallest absolute Gasteiger partial charge is 0.297 e. The second kappa shape index (κ2) is 5.74. The van der Waals surface area contributed by atoms with E-state index in [0.29, 0.717) is 18.0 Å². The van der Waals surface area contributed by atoms with Gasteiger partial charge in [-0.2, -0.15) is 4.98 Å². The van der Waals surface area contributed by atoms with E-state index >= 15 is 0 Å². The van der Waals surface area contributed by atoms with E-state index in [4.69, 9.17) is 4.42 Å². The summed E-state index contributed by atoms with van der Waals surface area (Å²) in [5.74, 6) is 0.634. The van der Waals surface area contributed by atoms with Crippen molar-refractivity contribution in [2.45, 2.75) is 59.2 Å². The Kier molecular flexibility index (Phi) is 4.27. The molecule has 1 saturated carbocycles. The highest BCUT2D eigenvalue weighted by molar-refractivity contribution is 5.31. The van der Waals surface area contributed by atoms with E-state index in [-0.39, 0.29) is 0 Å². The van der Waals surface area contributed by atoms with Crippen molar-refractivity contribution in [2.75, 3.05) is 11.4 Å². The first kappa shape index (κ1) is 13.4. The molecule has 18 heavy (non-hydrogen) atoms. The van der Waals surface area contributed by atoms with Crippen molar-refractivity contribution in [3.8, 4) is 0 Å². The fourth-order valence-electron chi connectivity index (χ4n) is 1.98. The van der Waals surface area contributed by atoms with Crippen molar-refractivity contribution in [1.82, 2.24) is 10.3 Å². The van der Waals surface area contributed by atoms with Crippen molar-refractivity contribution in [2.24, 2.45) is 5.92 Å². The van der Waals surface area contributed by atoms with E-state index in [2.05, 4.69) is 42.9 Å². The number of hydrogen-bond donors (Lipinski definition) is 1. The predicted molar refractivity (Wildman–Crippen MR) is 73.7 cm³/mol. The van der Waals surface area contributed by atoms with Gasteiger partial charge in [-0.25, -0.2) is 0 Å². The summed E-state index contributed by atoms with van der Waals surface area (Å²) in [6, 6.07) is 1.92. The van der Waals surface area contributed by atoms with E-state index in [9.17, 15) is 0 Å². The molecule has 1 aromatic heterocycles. The third kappa shape index (κ3) is 3.73. The zero-order valence-electron chi connectivity index (χ0n) is 11.9. The van der Waals surface area contributed by atoms with Gasteiger partial charge >= 0.3 is 0 Å². The molecule has 0 unspecified atom stereocenters. The van der Waals surface area contributed by atoms with Gasteiger partial charge in [0.2, 0.25) is 0 Å². The molecule has 4 nitrogen and oxygen atoms in total. The van der Waals surface area contributed by atoms with Crippen LogP contribution in [-0.2, 0) is 6.54 Å². The summed E-state index contributed by atoms with van der Waals surface area (Å²) in [5, 5.41) is 3.36. The predicted octanol–water partition coefficient (Wildman–Crippen LogP) is 2.80. The fourth-order valence-corrected chi connectivity index (χ4v) is 1.98. The second-order valence-electron chi connectivity index (χ2n) is 5.93. The normalized spacial score (nSPS) is 15.7. The molecule has 1 aliphatic carbocycles. The summed E-state index contributed by atoms with van der Waals surface area (Å²) in [6.45, 7) is 10.6. The van der Waals surface area contributed by atoms with Gasteiger partial charge in [0, 0.05) is 25.2 Å². The molecule has 0 radical (unpaired) electrons. The van der Waals surface area contributed by atoms with Gasteiger partial charge < -0.3 is 14.6 Å². The van der Waals surface area contributed by atoms with Crippen LogP contribution in [-0.4, -0.2) is 23.6 Å². The number of oxazole rings is 1. The summed E-state index contributed by atoms with van der Waals surface area (Å²) in [6.07, 6.45) is 4.32. The van der Waals surface area contributed by atoms with Crippen LogP contribution in [0.4, 0.5) is 6.01 Å². The van der Waals surface area contributed by atoms with Gasteiger partial charge in [0.05, 0.1) is 5.69 Å². The highest BCUT2D eigenvalue weighted by Gasteiger charge is 2.32. The molecule has 0 aliphatic heterocycles. The number of rotatable bonds is 7. The summed E-state index contributed by atoms with van der Waals surface area (Å²) in [5.41, 5.74) is 0.994. The summed E-state index contributed by atoms with van der Waals surface area (Å²) < 4.78 is 5.64. The molecule has 1 fully saturated rings. The van der Waals surface area contributed by atoms with Crippen molar-refractivity contribution in [3.63, 3.8) is 0 Å². The topological polar surface area (TPSA) is 41.3 Å². The third-order valence-electron chi connectivity index (χ3n) is 3.03. The molecular formula is C14H25N3O. The van der Waals surface area contributed by atoms with E-state index in [1.165, 1.54) is 12.8 Å². The standard InChI is InChI=1S/C14H25N3O/c1-10(2)8-17(13-5-6-13)14-16-12(9-18-14)7-15-11(3)4/h9-11,13,15H,5-8H2,1-4H3. The Labute approximate surface area is 110 Å². The summed E-state index contributed by atoms with van der Waals surface area (Å²) in [7, 11) is 0. The van der Waals surface area contributed by atoms with E-state index in [1.54, 1.807) is 6.26 Å². The maximum absolute atomic E-state index is 5.64. The molecule has 1 N–H and O–H groups in total. The van der Waals surface area contributed by atoms with Gasteiger partial charge in [0.15, 0.2) is 0 Å². The maximum atomic E-state index is 5.64. The average molecular weight is 251 g/mol. The zero-order chi connectivity index (χ0) is 13.1. The SMILES string of the molecule is CC(C)CN(c1nc(CNC(C)C)co1)C1CC1. The van der Waals surface area contributed by atoms with Crippen LogP contribution in [0.3, 0.4) is 0 Å². The van der Waals surface area contributed by atoms with Gasteiger partial charge in [0.1, 0.15) is 6.26 Å². The summed E-state index contributed by atoms with van der Waals surface area (Å²) >= 11 is 0. The van der Waals surface area contributed by atoms with E-state index < -0.39 is 0 Å². The van der Waals surface area contributed by atoms with Crippen LogP contribution >= 0.6 is 0 Å². The van der Waals surface area contributed by atoms with E-state index in [0.717, 1.165) is 24.8 Å². The second-order valence-corrected chi connectivity index (χ2v) is 5.93. The number of nitrogens with one attached hydrogen (secondary N) is 1. The Bertz CT molecular complexity index is 369. The van der Waals surface area contributed by atoms with Crippen molar-refractivity contribution in [1.29, 1.82) is 0 Å². The van der Waals surface area contributed by atoms with Crippen LogP contribution in [0.5, 0.6) is 0 Å². The van der Waals surface area contributed by atoms with E-state index in [1.807, 2.05) is 0 Å². The number of aromatic nitrogens is 1. The lowest BCUT2D eigenvalue weighted by Gasteiger charge is -2.22. The minimum atomic E-state index is 0.473. The van der Waals surface area contributed by atoms with Gasteiger partial charge in [-0.3, -0.25) is 0 Å². The Morgan fingerprint density at radius 2 is 2.11 bits per heavy atom. The highest BCUT2D eigenvalue weighted by Crippen LogP contribution is 2.31. The van der Waals surface area contributed by atoms with Crippen LogP contribution in [0.2, 0.25) is 0 Å². The molecule has 0 aromatic carbocycles. The minimum absolute atomic E-state index is 0.473. The monoisotopic (exact) mass is 251 g/mol. The van der Waals surface area contributed by atoms with Gasteiger partial charge in [-0.05, 0) is 18.8 Å². The molecule has 1 heterocycles. The van der Waals surface area contributed by atoms with Crippen LogP contribution in [0.25, 0.3) is 0 Å². The Morgan fingerprint density at radius 3 is 2.67 bits per heavy atom. The van der Waals surface area contributed by atoms with Crippen LogP contribution in [0, 0.1) is 5.92 Å². The molecule has 2 rings (SSSR count). The quantitative estimate of drug-likeness (QED) is 0.809. The minimum Gasteiger partial charge on any atom is -0.432 e. The first-order valence-corrected chi connectivity index (χ1v) is 7.00. The third-order valence-corrected chi connectivity index (χ3v) is 3.03. The molecule has 0 spiro atoms. The molecule has 0 saturated heterocycles. The van der Waals surface area contributed by atoms with Gasteiger partial charge in [-0.15, -0.1) is 0 Å². The van der Waals surface area contributed by atoms with Gasteiger partial charge in [0.25, 0.3) is 6.01 Å². The number of nitrogens with zero attached hydrogens (tertiary/aromatic N) is 2. The molecule has 1 aromatic rings. The molecule has 102 valence electrons. The van der Waals surface area contributed by atoms with Crippen molar-refractivity contribution in [3.05, 3.63) is 12.0 Å². The molecule has 4 heteroatoms. The molecule has 1 aliphatic rings. The van der Waals surface area contributed by atoms with Crippen LogP contribution in [0.15, 0.2) is 10.7 Å². The Balaban J connectivity index is 1.97. The highest BCUT2D eigenvalue weighted by atomic mass is 16.4. The number of hydrogen-bond acceptors (Lipinski definition) is 4. The fraction of sp³-hybridized carbons (Fsp3) is 0.786. The Morgan fingerprint density at radius 1 is 1.39 bits per heavy atom. The molecule has 0 bridgehead atoms. The van der Waals surface area contributed by atoms with Crippen LogP contribution in [0.1, 0.15) is 46.2 Å². The lowest BCUT2D eigenvalue weighted by molar-refractivity contribution is 0.503. The molecular weight excluding hydrogens is 226 g/mol. The first-order chi connectivity index (χ1) is 8.56. The molecule has 0 atom stereocenters. The summed E-state index contributed by atoms with van der Waals surface area (Å²) in [4.78, 5) is 6.92. The Hall–Kier alpha value is -1.03. The van der Waals surface area contributed by atoms with Crippen LogP contribution < -0.4 is 10.2 Å². The lowest BCUT2D eigenvalue weighted by Crippen LogP contribution is -2.30. The van der Waals surface area contributed by atoms with Gasteiger partial charge in [-0.1, -0.05) is 27.7 Å². The molecule has 0 amide bonds. The first-order valence-electron chi connectivity index (χ1n) is 7.00. The zero-order valence-corrected chi connectivity index (χ0v) is 11.9. The maximum Gasteiger partial charge on any atom is 0.297 e. The number of anilines is 1.